The van der Waals surface area contributed by atoms with Gasteiger partial charge in [0.15, 0.2) is 0 Å². The van der Waals surface area contributed by atoms with E-state index >= 15 is 0 Å². The first-order valence-electron chi connectivity index (χ1n) is 12.2. The molecule has 0 heterocycles. The minimum absolute atomic E-state index is 0.0219. The Balaban J connectivity index is 1.64. The predicted octanol–water partition coefficient (Wildman–Crippen LogP) is 9.98. The second kappa shape index (κ2) is 11.9. The Morgan fingerprint density at radius 3 is 2.06 bits per heavy atom. The maximum Gasteiger partial charge on any atom is 0.409 e. The van der Waals surface area contributed by atoms with Crippen molar-refractivity contribution in [1.29, 1.82) is 0 Å². The lowest BCUT2D eigenvalue weighted by molar-refractivity contribution is -0.0790. The normalized spacial score (nSPS) is 19.1. The van der Waals surface area contributed by atoms with Crippen molar-refractivity contribution in [1.82, 2.24) is 0 Å². The summed E-state index contributed by atoms with van der Waals surface area (Å²) in [5.41, 5.74) is 0.0530. The third-order valence-corrected chi connectivity index (χ3v) is 6.86. The van der Waals surface area contributed by atoms with Crippen molar-refractivity contribution < 1.29 is 26.3 Å². The number of alkyl halides is 3. The number of rotatable bonds is 9. The van der Waals surface area contributed by atoms with Crippen LogP contribution in [0.1, 0.15) is 88.2 Å². The van der Waals surface area contributed by atoms with Crippen LogP contribution in [0.25, 0.3) is 17.2 Å². The molecule has 0 bridgehead atoms. The van der Waals surface area contributed by atoms with E-state index in [4.69, 9.17) is 0 Å². The standard InChI is InChI=1S/C28H32F6/c1-2-3-4-5-6-7-19-8-10-20(11-9-19)21-12-13-23(25(29)16-21)22-17-26(30)24(27(31)18-22)14-15-28(32,33)34/h12-20H,2-11H2,1H3. The van der Waals surface area contributed by atoms with Crippen LogP contribution in [0.5, 0.6) is 0 Å². The molecule has 1 aliphatic carbocycles. The molecular formula is C28H32F6. The Bertz CT molecular complexity index is 944. The quantitative estimate of drug-likeness (QED) is 0.246. The summed E-state index contributed by atoms with van der Waals surface area (Å²) in [6.07, 6.45) is 7.36. The highest BCUT2D eigenvalue weighted by molar-refractivity contribution is 5.67. The summed E-state index contributed by atoms with van der Waals surface area (Å²) in [5, 5.41) is 0. The van der Waals surface area contributed by atoms with Gasteiger partial charge in [-0.15, -0.1) is 0 Å². The van der Waals surface area contributed by atoms with E-state index in [2.05, 4.69) is 6.92 Å². The van der Waals surface area contributed by atoms with Crippen LogP contribution in [-0.2, 0) is 0 Å². The lowest BCUT2D eigenvalue weighted by atomic mass is 9.77. The Morgan fingerprint density at radius 1 is 0.824 bits per heavy atom. The molecule has 1 aliphatic rings. The molecular weight excluding hydrogens is 450 g/mol. The fraction of sp³-hybridized carbons (Fsp3) is 0.500. The van der Waals surface area contributed by atoms with E-state index in [-0.39, 0.29) is 23.1 Å². The molecule has 0 nitrogen and oxygen atoms in total. The topological polar surface area (TPSA) is 0 Å². The third-order valence-electron chi connectivity index (χ3n) is 6.86. The summed E-state index contributed by atoms with van der Waals surface area (Å²) in [4.78, 5) is 0. The number of unbranched alkanes of at least 4 members (excludes halogenated alkanes) is 4. The third kappa shape index (κ3) is 7.38. The van der Waals surface area contributed by atoms with Gasteiger partial charge >= 0.3 is 6.18 Å². The van der Waals surface area contributed by atoms with Crippen LogP contribution in [0.3, 0.4) is 0 Å². The number of hydrogen-bond donors (Lipinski definition) is 0. The lowest BCUT2D eigenvalue weighted by Crippen LogP contribution is -2.13. The molecule has 0 saturated heterocycles. The summed E-state index contributed by atoms with van der Waals surface area (Å²) >= 11 is 0. The molecule has 34 heavy (non-hydrogen) atoms. The van der Waals surface area contributed by atoms with Crippen molar-refractivity contribution in [3.63, 3.8) is 0 Å². The molecule has 0 N–H and O–H groups in total. The van der Waals surface area contributed by atoms with Crippen LogP contribution in [0.15, 0.2) is 36.4 Å². The van der Waals surface area contributed by atoms with E-state index in [1.165, 1.54) is 50.7 Å². The number of hydrogen-bond acceptors (Lipinski definition) is 0. The Hall–Kier alpha value is -2.24. The van der Waals surface area contributed by atoms with Crippen molar-refractivity contribution in [3.8, 4) is 11.1 Å². The molecule has 0 aliphatic heterocycles. The Labute approximate surface area is 198 Å². The molecule has 1 saturated carbocycles. The Kier molecular flexibility index (Phi) is 9.26. The first kappa shape index (κ1) is 26.4. The zero-order valence-electron chi connectivity index (χ0n) is 19.5. The molecule has 0 aromatic heterocycles. The van der Waals surface area contributed by atoms with E-state index in [9.17, 15) is 26.3 Å². The van der Waals surface area contributed by atoms with Crippen LogP contribution >= 0.6 is 0 Å². The van der Waals surface area contributed by atoms with Crippen molar-refractivity contribution in [3.05, 3.63) is 65.0 Å². The van der Waals surface area contributed by atoms with Gasteiger partial charge < -0.3 is 0 Å². The van der Waals surface area contributed by atoms with Gasteiger partial charge in [0, 0.05) is 17.2 Å². The fourth-order valence-corrected chi connectivity index (χ4v) is 4.92. The highest BCUT2D eigenvalue weighted by Gasteiger charge is 2.24. The fourth-order valence-electron chi connectivity index (χ4n) is 4.92. The minimum atomic E-state index is -4.69. The van der Waals surface area contributed by atoms with E-state index < -0.39 is 29.2 Å². The van der Waals surface area contributed by atoms with Gasteiger partial charge in [-0.3, -0.25) is 0 Å². The molecule has 6 heteroatoms. The molecule has 2 aromatic carbocycles. The van der Waals surface area contributed by atoms with E-state index in [0.717, 1.165) is 49.3 Å². The smallest absolute Gasteiger partial charge is 0.206 e. The van der Waals surface area contributed by atoms with Gasteiger partial charge in [0.25, 0.3) is 0 Å². The number of halogens is 6. The van der Waals surface area contributed by atoms with Crippen LogP contribution in [0.4, 0.5) is 26.3 Å². The Morgan fingerprint density at radius 2 is 1.47 bits per heavy atom. The van der Waals surface area contributed by atoms with E-state index in [0.29, 0.717) is 6.08 Å². The van der Waals surface area contributed by atoms with Crippen LogP contribution in [0.2, 0.25) is 0 Å². The summed E-state index contributed by atoms with van der Waals surface area (Å²) < 4.78 is 80.4. The van der Waals surface area contributed by atoms with Gasteiger partial charge in [-0.25, -0.2) is 13.2 Å². The second-order valence-corrected chi connectivity index (χ2v) is 9.39. The molecule has 0 atom stereocenters. The second-order valence-electron chi connectivity index (χ2n) is 9.39. The van der Waals surface area contributed by atoms with Crippen molar-refractivity contribution >= 4 is 6.08 Å². The zero-order chi connectivity index (χ0) is 24.7. The molecule has 3 rings (SSSR count). The number of benzene rings is 2. The van der Waals surface area contributed by atoms with Gasteiger partial charge in [0.05, 0.1) is 0 Å². The van der Waals surface area contributed by atoms with E-state index in [1.54, 1.807) is 6.07 Å². The lowest BCUT2D eigenvalue weighted by Gasteiger charge is -2.29. The average Bonchev–Trinajstić information content (AvgIpc) is 2.78. The van der Waals surface area contributed by atoms with Crippen molar-refractivity contribution in [2.75, 3.05) is 0 Å². The van der Waals surface area contributed by atoms with Gasteiger partial charge in [-0.1, -0.05) is 57.6 Å². The number of allylic oxidation sites excluding steroid dienone is 1. The first-order valence-corrected chi connectivity index (χ1v) is 12.2. The maximum atomic E-state index is 14.9. The molecule has 0 radical (unpaired) electrons. The molecule has 0 amide bonds. The highest BCUT2D eigenvalue weighted by atomic mass is 19.4. The van der Waals surface area contributed by atoms with Crippen LogP contribution < -0.4 is 0 Å². The minimum Gasteiger partial charge on any atom is -0.206 e. The first-order chi connectivity index (χ1) is 16.2. The summed E-state index contributed by atoms with van der Waals surface area (Å²) in [6.45, 7) is 2.21. The van der Waals surface area contributed by atoms with E-state index in [1.807, 2.05) is 0 Å². The van der Waals surface area contributed by atoms with Crippen molar-refractivity contribution in [2.45, 2.75) is 83.2 Å². The molecule has 186 valence electrons. The summed E-state index contributed by atoms with van der Waals surface area (Å²) in [5.74, 6) is -1.94. The SMILES string of the molecule is CCCCCCCC1CCC(c2ccc(-c3cc(F)c(C=CC(F)(F)F)c(F)c3)c(F)c2)CC1. The monoisotopic (exact) mass is 482 g/mol. The zero-order valence-corrected chi connectivity index (χ0v) is 19.5. The molecule has 1 fully saturated rings. The van der Waals surface area contributed by atoms with Crippen LogP contribution in [-0.4, -0.2) is 6.18 Å². The molecule has 2 aromatic rings. The van der Waals surface area contributed by atoms with Gasteiger partial charge in [0.1, 0.15) is 17.5 Å². The highest BCUT2D eigenvalue weighted by Crippen LogP contribution is 2.39. The average molecular weight is 483 g/mol. The van der Waals surface area contributed by atoms with Crippen LogP contribution in [0, 0.1) is 23.4 Å². The van der Waals surface area contributed by atoms with Crippen molar-refractivity contribution in [2.24, 2.45) is 5.92 Å². The molecule has 0 spiro atoms. The van der Waals surface area contributed by atoms with Gasteiger partial charge in [0.2, 0.25) is 0 Å². The van der Waals surface area contributed by atoms with Gasteiger partial charge in [-0.05, 0) is 72.9 Å². The predicted molar refractivity (Wildman–Crippen MR) is 125 cm³/mol. The van der Waals surface area contributed by atoms with Gasteiger partial charge in [-0.2, -0.15) is 13.2 Å². The molecule has 0 unspecified atom stereocenters. The summed E-state index contributed by atoms with van der Waals surface area (Å²) in [6, 6.07) is 6.45. The largest absolute Gasteiger partial charge is 0.409 e. The maximum absolute atomic E-state index is 14.9. The summed E-state index contributed by atoms with van der Waals surface area (Å²) in [7, 11) is 0.